The van der Waals surface area contributed by atoms with E-state index in [1.165, 1.54) is 32.5 Å². The van der Waals surface area contributed by atoms with Crippen LogP contribution in [0.15, 0.2) is 52.9 Å². The van der Waals surface area contributed by atoms with Crippen molar-refractivity contribution in [2.75, 3.05) is 57.0 Å². The number of carbonyl (C=O) groups is 1. The van der Waals surface area contributed by atoms with Gasteiger partial charge in [0.15, 0.2) is 0 Å². The molecule has 2 bridgehead atoms. The summed E-state index contributed by atoms with van der Waals surface area (Å²) in [5.41, 5.74) is 1.88. The zero-order valence-corrected chi connectivity index (χ0v) is 20.1. The maximum atomic E-state index is 12.4. The van der Waals surface area contributed by atoms with Crippen molar-refractivity contribution in [2.45, 2.75) is 25.3 Å². The number of nitrogens with zero attached hydrogens (tertiary/aromatic N) is 4. The maximum absolute atomic E-state index is 12.4. The summed E-state index contributed by atoms with van der Waals surface area (Å²) in [5, 5.41) is 14.5. The monoisotopic (exact) mass is 476 g/mol. The van der Waals surface area contributed by atoms with E-state index in [0.717, 1.165) is 32.1 Å². The zero-order chi connectivity index (χ0) is 24.0. The first-order valence-electron chi connectivity index (χ1n) is 12.3. The summed E-state index contributed by atoms with van der Waals surface area (Å²) in [6, 6.07) is 15.5. The van der Waals surface area contributed by atoms with E-state index in [-0.39, 0.29) is 5.91 Å². The Morgan fingerprint density at radius 3 is 2.71 bits per heavy atom. The molecule has 3 aliphatic rings. The fourth-order valence-corrected chi connectivity index (χ4v) is 4.87. The number of fused-ring (bicyclic) bond motifs is 4. The number of amides is 1. The Labute approximate surface area is 205 Å². The molecule has 9 heteroatoms. The van der Waals surface area contributed by atoms with Gasteiger partial charge in [0.25, 0.3) is 11.8 Å². The Hall–Kier alpha value is -3.43. The third-order valence-electron chi connectivity index (χ3n) is 6.83. The molecule has 4 heterocycles. The van der Waals surface area contributed by atoms with Gasteiger partial charge in [-0.15, -0.1) is 5.10 Å². The average molecular weight is 477 g/mol. The first-order chi connectivity index (χ1) is 17.2. The Kier molecular flexibility index (Phi) is 7.25. The van der Waals surface area contributed by atoms with Crippen LogP contribution in [-0.4, -0.2) is 78.3 Å². The van der Waals surface area contributed by atoms with Crippen molar-refractivity contribution in [1.29, 1.82) is 0 Å². The van der Waals surface area contributed by atoms with Crippen LogP contribution < -0.4 is 15.4 Å². The van der Waals surface area contributed by atoms with Gasteiger partial charge in [0, 0.05) is 49.5 Å². The van der Waals surface area contributed by atoms with E-state index in [4.69, 9.17) is 9.15 Å². The highest BCUT2D eigenvalue weighted by Crippen LogP contribution is 2.32. The van der Waals surface area contributed by atoms with E-state index in [1.807, 2.05) is 18.2 Å². The smallest absolute Gasteiger partial charge is 0.315 e. The van der Waals surface area contributed by atoms with Gasteiger partial charge >= 0.3 is 6.01 Å². The van der Waals surface area contributed by atoms with Crippen molar-refractivity contribution in [3.63, 3.8) is 0 Å². The van der Waals surface area contributed by atoms with E-state index in [1.54, 1.807) is 37.4 Å². The number of carbonyl (C=O) groups excluding carboxylic acids is 1. The molecule has 184 valence electrons. The van der Waals surface area contributed by atoms with E-state index < -0.39 is 0 Å². The van der Waals surface area contributed by atoms with Crippen molar-refractivity contribution < 1.29 is 13.9 Å². The van der Waals surface area contributed by atoms with Gasteiger partial charge in [-0.25, -0.2) is 0 Å². The standard InChI is InChI=1S/C26H32N6O3/c1-34-23-18-20(28-24(33)19-6-3-2-4-7-19)8-9-22(23)25-29-30-26(35-25)27-12-5-13-32-17-16-31-14-10-21(32)11-15-31/h2-4,6-9,18,21H,5,10-17H2,1H3,(H,27,30)(H,28,33). The fourth-order valence-electron chi connectivity index (χ4n) is 4.87. The molecule has 6 rings (SSSR count). The first kappa shape index (κ1) is 23.3. The maximum Gasteiger partial charge on any atom is 0.315 e. The number of rotatable bonds is 9. The second-order valence-corrected chi connectivity index (χ2v) is 9.04. The van der Waals surface area contributed by atoms with Gasteiger partial charge in [-0.1, -0.05) is 23.3 Å². The molecule has 3 aromatic rings. The molecule has 0 radical (unpaired) electrons. The van der Waals surface area contributed by atoms with Crippen LogP contribution in [0.2, 0.25) is 0 Å². The van der Waals surface area contributed by atoms with Crippen molar-refractivity contribution in [3.05, 3.63) is 54.1 Å². The number of benzene rings is 2. The summed E-state index contributed by atoms with van der Waals surface area (Å²) in [5.74, 6) is 0.719. The van der Waals surface area contributed by atoms with Gasteiger partial charge in [0.1, 0.15) is 5.75 Å². The molecular formula is C26H32N6O3. The molecule has 0 saturated carbocycles. The molecule has 0 aliphatic carbocycles. The van der Waals surface area contributed by atoms with Crippen molar-refractivity contribution in [3.8, 4) is 17.2 Å². The Morgan fingerprint density at radius 2 is 1.91 bits per heavy atom. The minimum atomic E-state index is -0.185. The Balaban J connectivity index is 1.16. The summed E-state index contributed by atoms with van der Waals surface area (Å²) in [6.45, 7) is 6.69. The molecule has 0 spiro atoms. The number of piperidine rings is 1. The van der Waals surface area contributed by atoms with Gasteiger partial charge in [-0.3, -0.25) is 9.69 Å². The van der Waals surface area contributed by atoms with Crippen LogP contribution in [0.1, 0.15) is 29.6 Å². The SMILES string of the molecule is COc1cc(NC(=O)c2ccccc2)ccc1-c1nnc(NCCCN2CCN3CCC2CC3)o1. The lowest BCUT2D eigenvalue weighted by molar-refractivity contribution is 0.102. The highest BCUT2D eigenvalue weighted by atomic mass is 16.5. The van der Waals surface area contributed by atoms with Gasteiger partial charge in [-0.2, -0.15) is 0 Å². The number of anilines is 2. The Bertz CT molecular complexity index is 1130. The van der Waals surface area contributed by atoms with Gasteiger partial charge in [0.2, 0.25) is 0 Å². The highest BCUT2D eigenvalue weighted by Gasteiger charge is 2.28. The topological polar surface area (TPSA) is 95.8 Å². The zero-order valence-electron chi connectivity index (χ0n) is 20.1. The molecule has 2 aromatic carbocycles. The first-order valence-corrected chi connectivity index (χ1v) is 12.3. The molecule has 1 amide bonds. The summed E-state index contributed by atoms with van der Waals surface area (Å²) in [6.07, 6.45) is 3.60. The molecule has 9 nitrogen and oxygen atoms in total. The molecule has 1 aromatic heterocycles. The van der Waals surface area contributed by atoms with E-state index in [9.17, 15) is 4.79 Å². The molecule has 3 aliphatic heterocycles. The third-order valence-corrected chi connectivity index (χ3v) is 6.83. The lowest BCUT2D eigenvalue weighted by atomic mass is 10.1. The van der Waals surface area contributed by atoms with E-state index in [0.29, 0.717) is 34.5 Å². The van der Waals surface area contributed by atoms with Crippen LogP contribution in [0.4, 0.5) is 11.7 Å². The van der Waals surface area contributed by atoms with Crippen LogP contribution in [0.25, 0.3) is 11.5 Å². The molecule has 35 heavy (non-hydrogen) atoms. The normalized spacial score (nSPS) is 19.8. The lowest BCUT2D eigenvalue weighted by Gasteiger charge is -2.31. The highest BCUT2D eigenvalue weighted by molar-refractivity contribution is 6.04. The quantitative estimate of drug-likeness (QED) is 0.453. The summed E-state index contributed by atoms with van der Waals surface area (Å²) >= 11 is 0. The number of aromatic nitrogens is 2. The molecule has 0 unspecified atom stereocenters. The van der Waals surface area contributed by atoms with Crippen LogP contribution in [0.3, 0.4) is 0 Å². The van der Waals surface area contributed by atoms with Crippen LogP contribution in [-0.2, 0) is 0 Å². The number of nitrogens with one attached hydrogen (secondary N) is 2. The number of hydrogen-bond acceptors (Lipinski definition) is 8. The largest absolute Gasteiger partial charge is 0.496 e. The second-order valence-electron chi connectivity index (χ2n) is 9.04. The van der Waals surface area contributed by atoms with Crippen LogP contribution in [0, 0.1) is 0 Å². The summed E-state index contributed by atoms with van der Waals surface area (Å²) in [7, 11) is 1.57. The lowest BCUT2D eigenvalue weighted by Crippen LogP contribution is -2.38. The van der Waals surface area contributed by atoms with Crippen LogP contribution in [0.5, 0.6) is 5.75 Å². The van der Waals surface area contributed by atoms with Crippen molar-refractivity contribution in [2.24, 2.45) is 0 Å². The third kappa shape index (κ3) is 5.63. The predicted molar refractivity (Wildman–Crippen MR) is 135 cm³/mol. The van der Waals surface area contributed by atoms with Crippen LogP contribution >= 0.6 is 0 Å². The average Bonchev–Trinajstić information content (AvgIpc) is 3.19. The fraction of sp³-hybridized carbons (Fsp3) is 0.423. The molecule has 3 fully saturated rings. The Morgan fingerprint density at radius 1 is 1.09 bits per heavy atom. The van der Waals surface area contributed by atoms with Gasteiger partial charge < -0.3 is 24.7 Å². The van der Waals surface area contributed by atoms with E-state index >= 15 is 0 Å². The minimum Gasteiger partial charge on any atom is -0.496 e. The number of methoxy groups -OCH3 is 1. The molecule has 3 saturated heterocycles. The minimum absolute atomic E-state index is 0.185. The second kappa shape index (κ2) is 10.9. The number of ether oxygens (including phenoxy) is 1. The molecular weight excluding hydrogens is 444 g/mol. The summed E-state index contributed by atoms with van der Waals surface area (Å²) in [4.78, 5) is 17.7. The molecule has 2 N–H and O–H groups in total. The van der Waals surface area contributed by atoms with Gasteiger partial charge in [-0.05, 0) is 56.6 Å². The predicted octanol–water partition coefficient (Wildman–Crippen LogP) is 3.58. The number of hydrogen-bond donors (Lipinski definition) is 2. The van der Waals surface area contributed by atoms with Gasteiger partial charge in [0.05, 0.1) is 12.7 Å². The van der Waals surface area contributed by atoms with Crippen molar-refractivity contribution >= 4 is 17.6 Å². The van der Waals surface area contributed by atoms with Crippen molar-refractivity contribution in [1.82, 2.24) is 20.0 Å². The molecule has 0 atom stereocenters. The summed E-state index contributed by atoms with van der Waals surface area (Å²) < 4.78 is 11.4. The van der Waals surface area contributed by atoms with E-state index in [2.05, 4.69) is 30.6 Å².